The number of carbonyl (C=O) groups is 1. The van der Waals surface area contributed by atoms with Crippen LogP contribution >= 0.6 is 11.8 Å². The van der Waals surface area contributed by atoms with Crippen molar-refractivity contribution in [3.05, 3.63) is 0 Å². The Morgan fingerprint density at radius 3 is 2.59 bits per heavy atom. The van der Waals surface area contributed by atoms with E-state index in [0.717, 1.165) is 0 Å². The van der Waals surface area contributed by atoms with Crippen LogP contribution in [0.2, 0.25) is 0 Å². The monoisotopic (exact) mass is 268 g/mol. The molecule has 5 heteroatoms. The second-order valence-electron chi connectivity index (χ2n) is 4.03. The Bertz CT molecular complexity index is 223. The van der Waals surface area contributed by atoms with Crippen LogP contribution in [-0.4, -0.2) is 29.5 Å². The fourth-order valence-corrected chi connectivity index (χ4v) is 2.03. The lowest BCUT2D eigenvalue weighted by atomic mass is 10.1. The van der Waals surface area contributed by atoms with Gasteiger partial charge in [-0.2, -0.15) is 11.8 Å². The maximum Gasteiger partial charge on any atom is 0.305 e. The number of ether oxygens (including phenoxy) is 1. The maximum absolute atomic E-state index is 12.9. The zero-order chi connectivity index (χ0) is 13.3. The number of hydrogen-bond acceptors (Lipinski definition) is 3. The van der Waals surface area contributed by atoms with Crippen LogP contribution in [0.5, 0.6) is 0 Å². The summed E-state index contributed by atoms with van der Waals surface area (Å²) in [5, 5.41) is 0.167. The lowest BCUT2D eigenvalue weighted by Gasteiger charge is -2.15. The highest BCUT2D eigenvalue weighted by Crippen LogP contribution is 2.25. The predicted molar refractivity (Wildman–Crippen MR) is 67.6 cm³/mol. The second kappa shape index (κ2) is 8.72. The first kappa shape index (κ1) is 16.7. The molecule has 1 unspecified atom stereocenters. The molecule has 0 aliphatic carbocycles. The molecule has 0 radical (unpaired) electrons. The summed E-state index contributed by atoms with van der Waals surface area (Å²) >= 11 is 1.57. The molecule has 0 bridgehead atoms. The van der Waals surface area contributed by atoms with E-state index in [4.69, 9.17) is 4.74 Å². The van der Waals surface area contributed by atoms with Gasteiger partial charge in [-0.15, -0.1) is 0 Å². The average molecular weight is 268 g/mol. The Kier molecular flexibility index (Phi) is 8.56. The van der Waals surface area contributed by atoms with Gasteiger partial charge in [-0.1, -0.05) is 13.8 Å². The molecule has 2 nitrogen and oxygen atoms in total. The molecule has 0 amide bonds. The van der Waals surface area contributed by atoms with Gasteiger partial charge in [0, 0.05) is 24.5 Å². The van der Waals surface area contributed by atoms with Gasteiger partial charge in [0.25, 0.3) is 0 Å². The summed E-state index contributed by atoms with van der Waals surface area (Å²) in [6.07, 6.45) is 0.719. The van der Waals surface area contributed by atoms with Crippen molar-refractivity contribution in [3.8, 4) is 0 Å². The lowest BCUT2D eigenvalue weighted by molar-refractivity contribution is -0.143. The summed E-state index contributed by atoms with van der Waals surface area (Å²) in [5.74, 6) is -2.06. The molecule has 0 saturated carbocycles. The third-order valence-corrected chi connectivity index (χ3v) is 3.60. The summed E-state index contributed by atoms with van der Waals surface area (Å²) in [7, 11) is 0. The molecular weight excluding hydrogens is 246 g/mol. The molecule has 0 aromatic carbocycles. The fraction of sp³-hybridized carbons (Fsp3) is 0.917. The molecular formula is C12H22F2O2S. The van der Waals surface area contributed by atoms with Gasteiger partial charge in [-0.25, -0.2) is 8.78 Å². The molecule has 0 N–H and O–H groups in total. The van der Waals surface area contributed by atoms with Crippen LogP contribution in [-0.2, 0) is 9.53 Å². The van der Waals surface area contributed by atoms with E-state index in [1.807, 2.05) is 6.92 Å². The smallest absolute Gasteiger partial charge is 0.305 e. The first-order valence-electron chi connectivity index (χ1n) is 6.06. The SMILES string of the molecule is CCC(=O)OCC(C)SCCCC(F)(F)CC. The second-order valence-corrected chi connectivity index (χ2v) is 5.58. The number of thioether (sulfide) groups is 1. The molecule has 1 atom stereocenters. The molecule has 0 fully saturated rings. The quantitative estimate of drug-likeness (QED) is 0.469. The van der Waals surface area contributed by atoms with E-state index >= 15 is 0 Å². The first-order valence-corrected chi connectivity index (χ1v) is 7.11. The van der Waals surface area contributed by atoms with E-state index in [1.165, 1.54) is 6.92 Å². The molecule has 0 aliphatic heterocycles. The Hall–Kier alpha value is -0.320. The highest BCUT2D eigenvalue weighted by Gasteiger charge is 2.24. The normalized spacial score (nSPS) is 13.5. The van der Waals surface area contributed by atoms with Crippen molar-refractivity contribution in [1.82, 2.24) is 0 Å². The standard InChI is InChI=1S/C12H22F2O2S/c1-4-11(15)16-9-10(3)17-8-6-7-12(13,14)5-2/h10H,4-9H2,1-3H3. The highest BCUT2D eigenvalue weighted by molar-refractivity contribution is 7.99. The van der Waals surface area contributed by atoms with Gasteiger partial charge in [0.1, 0.15) is 6.61 Å². The van der Waals surface area contributed by atoms with E-state index in [0.29, 0.717) is 25.2 Å². The minimum absolute atomic E-state index is 0.0576. The molecule has 0 heterocycles. The van der Waals surface area contributed by atoms with E-state index in [-0.39, 0.29) is 24.1 Å². The van der Waals surface area contributed by atoms with Crippen molar-refractivity contribution in [2.24, 2.45) is 0 Å². The van der Waals surface area contributed by atoms with Gasteiger partial charge < -0.3 is 4.74 Å². The Morgan fingerprint density at radius 1 is 1.41 bits per heavy atom. The predicted octanol–water partition coefficient (Wildman–Crippen LogP) is 3.89. The minimum Gasteiger partial charge on any atom is -0.465 e. The zero-order valence-electron chi connectivity index (χ0n) is 10.8. The summed E-state index contributed by atoms with van der Waals surface area (Å²) in [6.45, 7) is 5.54. The van der Waals surface area contributed by atoms with E-state index in [9.17, 15) is 13.6 Å². The van der Waals surface area contributed by atoms with Crippen molar-refractivity contribution in [1.29, 1.82) is 0 Å². The molecule has 102 valence electrons. The molecule has 0 aliphatic rings. The topological polar surface area (TPSA) is 26.3 Å². The summed E-state index contributed by atoms with van der Waals surface area (Å²) in [5.41, 5.74) is 0. The largest absolute Gasteiger partial charge is 0.465 e. The third kappa shape index (κ3) is 9.39. The van der Waals surface area contributed by atoms with Crippen LogP contribution in [0.25, 0.3) is 0 Å². The minimum atomic E-state index is -2.53. The third-order valence-electron chi connectivity index (χ3n) is 2.37. The number of carbonyl (C=O) groups excluding carboxylic acids is 1. The van der Waals surface area contributed by atoms with Crippen molar-refractivity contribution in [2.75, 3.05) is 12.4 Å². The molecule has 0 spiro atoms. The summed E-state index contributed by atoms with van der Waals surface area (Å²) < 4.78 is 30.8. The van der Waals surface area contributed by atoms with Crippen LogP contribution < -0.4 is 0 Å². The van der Waals surface area contributed by atoms with Crippen LogP contribution in [0.1, 0.15) is 46.5 Å². The molecule has 17 heavy (non-hydrogen) atoms. The number of halogens is 2. The molecule has 0 aromatic heterocycles. The van der Waals surface area contributed by atoms with Crippen LogP contribution in [0.3, 0.4) is 0 Å². The van der Waals surface area contributed by atoms with Crippen molar-refractivity contribution < 1.29 is 18.3 Å². The Morgan fingerprint density at radius 2 is 2.06 bits per heavy atom. The first-order chi connectivity index (χ1) is 7.91. The van der Waals surface area contributed by atoms with Crippen molar-refractivity contribution >= 4 is 17.7 Å². The van der Waals surface area contributed by atoms with Gasteiger partial charge in [-0.05, 0) is 19.1 Å². The number of esters is 1. The van der Waals surface area contributed by atoms with Crippen LogP contribution in [0.15, 0.2) is 0 Å². The highest BCUT2D eigenvalue weighted by atomic mass is 32.2. The van der Waals surface area contributed by atoms with Gasteiger partial charge in [0.15, 0.2) is 0 Å². The Labute approximate surface area is 106 Å². The zero-order valence-corrected chi connectivity index (χ0v) is 11.6. The average Bonchev–Trinajstić information content (AvgIpc) is 2.31. The van der Waals surface area contributed by atoms with Crippen LogP contribution in [0.4, 0.5) is 8.78 Å². The van der Waals surface area contributed by atoms with Gasteiger partial charge in [-0.3, -0.25) is 4.79 Å². The van der Waals surface area contributed by atoms with Gasteiger partial charge in [0.2, 0.25) is 5.92 Å². The van der Waals surface area contributed by atoms with Gasteiger partial charge >= 0.3 is 5.97 Å². The number of alkyl halides is 2. The summed E-state index contributed by atoms with van der Waals surface area (Å²) in [6, 6.07) is 0. The maximum atomic E-state index is 12.9. The van der Waals surface area contributed by atoms with Gasteiger partial charge in [0.05, 0.1) is 0 Å². The lowest BCUT2D eigenvalue weighted by Crippen LogP contribution is -2.15. The van der Waals surface area contributed by atoms with E-state index in [1.54, 1.807) is 18.7 Å². The molecule has 0 aromatic rings. The number of hydrogen-bond donors (Lipinski definition) is 0. The van der Waals surface area contributed by atoms with Crippen LogP contribution in [0, 0.1) is 0 Å². The van der Waals surface area contributed by atoms with Crippen molar-refractivity contribution in [2.45, 2.75) is 57.6 Å². The van der Waals surface area contributed by atoms with E-state index < -0.39 is 5.92 Å². The van der Waals surface area contributed by atoms with Crippen molar-refractivity contribution in [3.63, 3.8) is 0 Å². The Balaban J connectivity index is 3.51. The molecule has 0 saturated heterocycles. The fourth-order valence-electron chi connectivity index (χ4n) is 1.15. The summed E-state index contributed by atoms with van der Waals surface area (Å²) in [4.78, 5) is 10.9. The molecule has 0 rings (SSSR count). The van der Waals surface area contributed by atoms with E-state index in [2.05, 4.69) is 0 Å². The number of rotatable bonds is 9.